The number of hydrazine groups is 1. The van der Waals surface area contributed by atoms with E-state index in [9.17, 15) is 4.79 Å². The molecule has 1 amide bonds. The first-order chi connectivity index (χ1) is 12.9. The van der Waals surface area contributed by atoms with Crippen LogP contribution in [0.1, 0.15) is 60.0 Å². The van der Waals surface area contributed by atoms with Crippen LogP contribution in [-0.4, -0.2) is 17.1 Å². The van der Waals surface area contributed by atoms with Crippen LogP contribution in [0.4, 0.5) is 0 Å². The van der Waals surface area contributed by atoms with Crippen LogP contribution in [-0.2, 0) is 6.61 Å². The summed E-state index contributed by atoms with van der Waals surface area (Å²) in [5.41, 5.74) is 7.48. The van der Waals surface area contributed by atoms with E-state index in [-0.39, 0.29) is 18.3 Å². The fourth-order valence-corrected chi connectivity index (χ4v) is 2.81. The van der Waals surface area contributed by atoms with Crippen LogP contribution < -0.4 is 20.9 Å². The summed E-state index contributed by atoms with van der Waals surface area (Å²) in [6.45, 7) is 6.54. The lowest BCUT2D eigenvalue weighted by atomic mass is 10.0. The van der Waals surface area contributed by atoms with E-state index >= 15 is 0 Å². The molecule has 144 valence electrons. The fourth-order valence-electron chi connectivity index (χ4n) is 2.59. The van der Waals surface area contributed by atoms with Crippen molar-refractivity contribution in [1.29, 1.82) is 0 Å². The fraction of sp³-hybridized carbons (Fsp3) is 0.400. The van der Waals surface area contributed by atoms with Crippen molar-refractivity contribution in [2.24, 2.45) is 0 Å². The summed E-state index contributed by atoms with van der Waals surface area (Å²) in [5, 5.41) is 3.48. The van der Waals surface area contributed by atoms with Gasteiger partial charge < -0.3 is 14.5 Å². The lowest BCUT2D eigenvalue weighted by molar-refractivity contribution is 0.0911. The Morgan fingerprint density at radius 1 is 1.26 bits per heavy atom. The van der Waals surface area contributed by atoms with Gasteiger partial charge in [0.25, 0.3) is 0 Å². The molecule has 6 nitrogen and oxygen atoms in total. The van der Waals surface area contributed by atoms with Gasteiger partial charge in [-0.05, 0) is 67.2 Å². The molecule has 0 radical (unpaired) electrons. The number of aryl methyl sites for hydroxylation is 1. The molecule has 0 unspecified atom stereocenters. The third-order valence-electron chi connectivity index (χ3n) is 4.25. The molecule has 1 fully saturated rings. The minimum atomic E-state index is -0.389. The molecule has 7 heteroatoms. The Kier molecular flexibility index (Phi) is 6.01. The van der Waals surface area contributed by atoms with Gasteiger partial charge in [-0.25, -0.2) is 0 Å². The average molecular weight is 388 g/mol. The third-order valence-corrected chi connectivity index (χ3v) is 4.47. The van der Waals surface area contributed by atoms with E-state index < -0.39 is 0 Å². The Labute approximate surface area is 164 Å². The largest absolute Gasteiger partial charge is 0.485 e. The summed E-state index contributed by atoms with van der Waals surface area (Å²) in [6, 6.07) is 9.95. The number of furan rings is 1. The van der Waals surface area contributed by atoms with Crippen molar-refractivity contribution in [3.05, 3.63) is 53.0 Å². The van der Waals surface area contributed by atoms with E-state index in [0.717, 1.165) is 29.7 Å². The predicted octanol–water partition coefficient (Wildman–Crippen LogP) is 3.56. The summed E-state index contributed by atoms with van der Waals surface area (Å²) < 4.78 is 11.5. The molecule has 0 aliphatic heterocycles. The first kappa shape index (κ1) is 19.2. The zero-order valence-electron chi connectivity index (χ0n) is 15.8. The van der Waals surface area contributed by atoms with Gasteiger partial charge in [0.15, 0.2) is 10.9 Å². The van der Waals surface area contributed by atoms with Crippen molar-refractivity contribution in [3.63, 3.8) is 0 Å². The Morgan fingerprint density at radius 2 is 2.04 bits per heavy atom. The number of hydrogen-bond acceptors (Lipinski definition) is 4. The number of hydrogen-bond donors (Lipinski definition) is 3. The molecule has 0 bridgehead atoms. The highest BCUT2D eigenvalue weighted by Crippen LogP contribution is 2.28. The molecule has 1 aromatic heterocycles. The van der Waals surface area contributed by atoms with Crippen molar-refractivity contribution in [2.45, 2.75) is 52.2 Å². The van der Waals surface area contributed by atoms with Gasteiger partial charge in [-0.2, -0.15) is 0 Å². The summed E-state index contributed by atoms with van der Waals surface area (Å²) in [6.07, 6.45) is 2.22. The molecule has 1 saturated carbocycles. The second-order valence-corrected chi connectivity index (χ2v) is 7.49. The maximum atomic E-state index is 12.1. The standard InChI is InChI=1S/C20H25N3O3S/c1-12(2)16-8-4-13(3)10-18(16)25-11-15-7-9-17(26-15)19(24)22-23-20(27)21-14-5-6-14/h4,7-10,12,14H,5-6,11H2,1-3H3,(H,22,24)(H2,21,23,27). The van der Waals surface area contributed by atoms with Crippen molar-refractivity contribution < 1.29 is 13.9 Å². The number of carbonyl (C=O) groups excluding carboxylic acids is 1. The van der Waals surface area contributed by atoms with E-state index in [1.807, 2.05) is 13.0 Å². The molecule has 0 saturated heterocycles. The van der Waals surface area contributed by atoms with Crippen molar-refractivity contribution in [1.82, 2.24) is 16.2 Å². The number of rotatable bonds is 6. The van der Waals surface area contributed by atoms with E-state index in [1.54, 1.807) is 12.1 Å². The van der Waals surface area contributed by atoms with Crippen LogP contribution in [0, 0.1) is 6.92 Å². The number of carbonyl (C=O) groups is 1. The Hall–Kier alpha value is -2.54. The van der Waals surface area contributed by atoms with Gasteiger partial charge in [0.1, 0.15) is 18.1 Å². The maximum Gasteiger partial charge on any atom is 0.305 e. The summed E-state index contributed by atoms with van der Waals surface area (Å²) in [4.78, 5) is 12.1. The van der Waals surface area contributed by atoms with Crippen LogP contribution >= 0.6 is 12.2 Å². The van der Waals surface area contributed by atoms with Crippen LogP contribution in [0.3, 0.4) is 0 Å². The Morgan fingerprint density at radius 3 is 2.74 bits per heavy atom. The molecule has 27 heavy (non-hydrogen) atoms. The third kappa shape index (κ3) is 5.47. The topological polar surface area (TPSA) is 75.5 Å². The zero-order valence-corrected chi connectivity index (χ0v) is 16.6. The second kappa shape index (κ2) is 8.43. The molecule has 2 aromatic rings. The maximum absolute atomic E-state index is 12.1. The first-order valence-electron chi connectivity index (χ1n) is 9.11. The van der Waals surface area contributed by atoms with Gasteiger partial charge in [0.05, 0.1) is 0 Å². The molecule has 0 spiro atoms. The minimum absolute atomic E-state index is 0.198. The Bertz CT molecular complexity index is 828. The molecule has 1 aliphatic carbocycles. The molecular weight excluding hydrogens is 362 g/mol. The molecule has 1 aromatic carbocycles. The lowest BCUT2D eigenvalue weighted by Crippen LogP contribution is -2.47. The molecule has 0 atom stereocenters. The molecule has 3 N–H and O–H groups in total. The highest BCUT2D eigenvalue weighted by Gasteiger charge is 2.22. The lowest BCUT2D eigenvalue weighted by Gasteiger charge is -2.14. The number of nitrogens with one attached hydrogen (secondary N) is 3. The minimum Gasteiger partial charge on any atom is -0.485 e. The van der Waals surface area contributed by atoms with Crippen LogP contribution in [0.25, 0.3) is 0 Å². The SMILES string of the molecule is Cc1ccc(C(C)C)c(OCc2ccc(C(=O)NNC(=S)NC3CC3)o2)c1. The molecule has 1 aliphatic rings. The average Bonchev–Trinajstić information content (AvgIpc) is 3.31. The second-order valence-electron chi connectivity index (χ2n) is 7.08. The first-order valence-corrected chi connectivity index (χ1v) is 9.52. The molecular formula is C20H25N3O3S. The summed E-state index contributed by atoms with van der Waals surface area (Å²) >= 11 is 5.10. The highest BCUT2D eigenvalue weighted by molar-refractivity contribution is 7.80. The zero-order chi connectivity index (χ0) is 19.4. The Balaban J connectivity index is 1.54. The van der Waals surface area contributed by atoms with Crippen molar-refractivity contribution in [2.75, 3.05) is 0 Å². The summed E-state index contributed by atoms with van der Waals surface area (Å²) in [7, 11) is 0. The monoisotopic (exact) mass is 387 g/mol. The van der Waals surface area contributed by atoms with Gasteiger partial charge in [-0.1, -0.05) is 26.0 Å². The predicted molar refractivity (Wildman–Crippen MR) is 108 cm³/mol. The molecule has 1 heterocycles. The van der Waals surface area contributed by atoms with Gasteiger partial charge in [0.2, 0.25) is 0 Å². The smallest absolute Gasteiger partial charge is 0.305 e. The normalized spacial score (nSPS) is 13.3. The van der Waals surface area contributed by atoms with E-state index in [1.165, 1.54) is 0 Å². The van der Waals surface area contributed by atoms with Crippen LogP contribution in [0.5, 0.6) is 5.75 Å². The number of thiocarbonyl (C=S) groups is 1. The van der Waals surface area contributed by atoms with Gasteiger partial charge >= 0.3 is 5.91 Å². The van der Waals surface area contributed by atoms with Crippen molar-refractivity contribution >= 4 is 23.2 Å². The molecule has 3 rings (SSSR count). The number of benzene rings is 1. The quantitative estimate of drug-likeness (QED) is 0.520. The van der Waals surface area contributed by atoms with Gasteiger partial charge in [0, 0.05) is 6.04 Å². The number of ether oxygens (including phenoxy) is 1. The van der Waals surface area contributed by atoms with Crippen molar-refractivity contribution in [3.8, 4) is 5.75 Å². The van der Waals surface area contributed by atoms with Crippen LogP contribution in [0.2, 0.25) is 0 Å². The van der Waals surface area contributed by atoms with Gasteiger partial charge in [-0.15, -0.1) is 0 Å². The number of amides is 1. The van der Waals surface area contributed by atoms with E-state index in [4.69, 9.17) is 21.4 Å². The van der Waals surface area contributed by atoms with Crippen LogP contribution in [0.15, 0.2) is 34.7 Å². The van der Waals surface area contributed by atoms with E-state index in [0.29, 0.717) is 22.8 Å². The van der Waals surface area contributed by atoms with Gasteiger partial charge in [-0.3, -0.25) is 15.6 Å². The highest BCUT2D eigenvalue weighted by atomic mass is 32.1. The van der Waals surface area contributed by atoms with E-state index in [2.05, 4.69) is 42.1 Å². The summed E-state index contributed by atoms with van der Waals surface area (Å²) in [5.74, 6) is 1.58.